The van der Waals surface area contributed by atoms with Gasteiger partial charge in [0.25, 0.3) is 0 Å². The van der Waals surface area contributed by atoms with Gasteiger partial charge in [-0.05, 0) is 31.4 Å². The highest BCUT2D eigenvalue weighted by Crippen LogP contribution is 2.35. The molecule has 1 saturated heterocycles. The number of carbonyl (C=O) groups excluding carboxylic acids is 2. The number of benzene rings is 1. The first-order valence-corrected chi connectivity index (χ1v) is 8.89. The van der Waals surface area contributed by atoms with Gasteiger partial charge in [0, 0.05) is 19.8 Å². The van der Waals surface area contributed by atoms with Crippen LogP contribution in [0.25, 0.3) is 0 Å². The van der Waals surface area contributed by atoms with Gasteiger partial charge in [-0.2, -0.15) is 0 Å². The minimum absolute atomic E-state index is 0.0241. The van der Waals surface area contributed by atoms with Crippen LogP contribution in [-0.4, -0.2) is 37.0 Å². The minimum atomic E-state index is -0.771. The van der Waals surface area contributed by atoms with Gasteiger partial charge in [0.2, 0.25) is 6.29 Å². The van der Waals surface area contributed by atoms with Gasteiger partial charge in [0.15, 0.2) is 6.10 Å². The maximum absolute atomic E-state index is 11.6. The van der Waals surface area contributed by atoms with Gasteiger partial charge < -0.3 is 18.9 Å². The van der Waals surface area contributed by atoms with Crippen LogP contribution in [0.5, 0.6) is 5.75 Å². The van der Waals surface area contributed by atoms with Crippen LogP contribution >= 0.6 is 0 Å². The quantitative estimate of drug-likeness (QED) is 0.748. The molecule has 0 saturated carbocycles. The number of rotatable bonds is 5. The largest absolute Gasteiger partial charge is 0.463 e. The van der Waals surface area contributed by atoms with Crippen molar-refractivity contribution in [2.45, 2.75) is 60.0 Å². The van der Waals surface area contributed by atoms with E-state index in [1.807, 2.05) is 45.9 Å². The van der Waals surface area contributed by atoms with Crippen molar-refractivity contribution in [3.63, 3.8) is 0 Å². The third kappa shape index (κ3) is 4.97. The van der Waals surface area contributed by atoms with Gasteiger partial charge in [0.1, 0.15) is 12.4 Å². The lowest BCUT2D eigenvalue weighted by Gasteiger charge is -2.43. The Morgan fingerprint density at radius 2 is 1.77 bits per heavy atom. The lowest BCUT2D eigenvalue weighted by molar-refractivity contribution is -0.253. The molecule has 0 amide bonds. The van der Waals surface area contributed by atoms with E-state index >= 15 is 0 Å². The Labute approximate surface area is 154 Å². The highest BCUT2D eigenvalue weighted by molar-refractivity contribution is 5.66. The standard InChI is InChI=1S/C20H28O6/c1-11-7-8-17(12(2)9-11)25-20-19(24-16(6)22)14(4)13(3)18(26-20)10-23-15(5)21/h7-9,13-14,18-20H,10H2,1-6H3/t13-,14-,18?,19?,20-/m0/s1. The highest BCUT2D eigenvalue weighted by Gasteiger charge is 2.45. The summed E-state index contributed by atoms with van der Waals surface area (Å²) in [6, 6.07) is 5.85. The molecule has 26 heavy (non-hydrogen) atoms. The number of hydrogen-bond donors (Lipinski definition) is 0. The van der Waals surface area contributed by atoms with E-state index in [1.54, 1.807) is 0 Å². The third-order valence-electron chi connectivity index (χ3n) is 4.84. The van der Waals surface area contributed by atoms with E-state index in [4.69, 9.17) is 18.9 Å². The number of hydrogen-bond acceptors (Lipinski definition) is 6. The SMILES string of the molecule is CC(=O)OCC1O[C@H](Oc2ccc(C)cc2C)C(OC(C)=O)[C@@H](C)[C@@H]1C. The average molecular weight is 364 g/mol. The maximum atomic E-state index is 11.6. The van der Waals surface area contributed by atoms with Gasteiger partial charge >= 0.3 is 11.9 Å². The molecular formula is C20H28O6. The molecule has 1 heterocycles. The second-order valence-corrected chi connectivity index (χ2v) is 7.02. The summed E-state index contributed by atoms with van der Waals surface area (Å²) >= 11 is 0. The molecule has 6 heteroatoms. The molecule has 0 N–H and O–H groups in total. The van der Waals surface area contributed by atoms with Crippen molar-refractivity contribution in [1.29, 1.82) is 0 Å². The first kappa shape index (κ1) is 20.2. The molecule has 6 nitrogen and oxygen atoms in total. The lowest BCUT2D eigenvalue weighted by Crippen LogP contribution is -2.54. The molecule has 144 valence electrons. The van der Waals surface area contributed by atoms with E-state index in [2.05, 4.69) is 0 Å². The Morgan fingerprint density at radius 3 is 2.35 bits per heavy atom. The van der Waals surface area contributed by atoms with Crippen molar-refractivity contribution >= 4 is 11.9 Å². The molecule has 5 atom stereocenters. The first-order chi connectivity index (χ1) is 12.2. The Kier molecular flexibility index (Phi) is 6.64. The van der Waals surface area contributed by atoms with Gasteiger partial charge in [-0.25, -0.2) is 0 Å². The monoisotopic (exact) mass is 364 g/mol. The van der Waals surface area contributed by atoms with Crippen molar-refractivity contribution in [2.24, 2.45) is 11.8 Å². The molecule has 2 rings (SSSR count). The summed E-state index contributed by atoms with van der Waals surface area (Å²) < 4.78 is 22.7. The average Bonchev–Trinajstić information content (AvgIpc) is 2.55. The molecule has 0 aliphatic carbocycles. The normalized spacial score (nSPS) is 28.3. The predicted molar refractivity (Wildman–Crippen MR) is 95.7 cm³/mol. The summed E-state index contributed by atoms with van der Waals surface area (Å²) in [5.41, 5.74) is 2.10. The van der Waals surface area contributed by atoms with Crippen LogP contribution in [0.4, 0.5) is 0 Å². The number of ether oxygens (including phenoxy) is 4. The van der Waals surface area contributed by atoms with E-state index in [0.29, 0.717) is 5.75 Å². The molecule has 1 aromatic rings. The van der Waals surface area contributed by atoms with Crippen molar-refractivity contribution in [3.8, 4) is 5.75 Å². The zero-order valence-corrected chi connectivity index (χ0v) is 16.3. The molecule has 1 fully saturated rings. The van der Waals surface area contributed by atoms with Crippen LogP contribution in [0.1, 0.15) is 38.8 Å². The number of esters is 2. The summed E-state index contributed by atoms with van der Waals surface area (Å²) in [4.78, 5) is 22.7. The smallest absolute Gasteiger partial charge is 0.303 e. The summed E-state index contributed by atoms with van der Waals surface area (Å²) in [6.07, 6.45) is -1.65. The second-order valence-electron chi connectivity index (χ2n) is 7.02. The molecule has 1 aromatic carbocycles. The Morgan fingerprint density at radius 1 is 1.08 bits per heavy atom. The van der Waals surface area contributed by atoms with Gasteiger partial charge in [-0.15, -0.1) is 0 Å². The van der Waals surface area contributed by atoms with Crippen LogP contribution in [0.2, 0.25) is 0 Å². The molecular weight excluding hydrogens is 336 g/mol. The molecule has 1 aliphatic rings. The summed E-state index contributed by atoms with van der Waals surface area (Å²) in [7, 11) is 0. The van der Waals surface area contributed by atoms with E-state index in [-0.39, 0.29) is 36.5 Å². The Balaban J connectivity index is 2.23. The fourth-order valence-corrected chi connectivity index (χ4v) is 3.16. The molecule has 0 spiro atoms. The van der Waals surface area contributed by atoms with E-state index in [0.717, 1.165) is 11.1 Å². The summed E-state index contributed by atoms with van der Waals surface area (Å²) in [6.45, 7) is 10.8. The predicted octanol–water partition coefficient (Wildman–Crippen LogP) is 3.17. The Bertz CT molecular complexity index is 654. The minimum Gasteiger partial charge on any atom is -0.463 e. The van der Waals surface area contributed by atoms with Crippen molar-refractivity contribution in [3.05, 3.63) is 29.3 Å². The molecule has 1 aliphatic heterocycles. The van der Waals surface area contributed by atoms with E-state index < -0.39 is 12.4 Å². The van der Waals surface area contributed by atoms with Crippen LogP contribution in [0.3, 0.4) is 0 Å². The lowest BCUT2D eigenvalue weighted by atomic mass is 9.83. The number of carbonyl (C=O) groups is 2. The van der Waals surface area contributed by atoms with Gasteiger partial charge in [0.05, 0.1) is 6.10 Å². The zero-order chi connectivity index (χ0) is 19.4. The topological polar surface area (TPSA) is 71.1 Å². The van der Waals surface area contributed by atoms with E-state index in [1.165, 1.54) is 13.8 Å². The fourth-order valence-electron chi connectivity index (χ4n) is 3.16. The van der Waals surface area contributed by atoms with Crippen molar-refractivity contribution in [1.82, 2.24) is 0 Å². The molecule has 0 aromatic heterocycles. The third-order valence-corrected chi connectivity index (χ3v) is 4.84. The molecule has 0 bridgehead atoms. The van der Waals surface area contributed by atoms with Crippen LogP contribution < -0.4 is 4.74 Å². The fraction of sp³-hybridized carbons (Fsp3) is 0.600. The first-order valence-electron chi connectivity index (χ1n) is 8.89. The van der Waals surface area contributed by atoms with Crippen molar-refractivity contribution in [2.75, 3.05) is 6.61 Å². The second kappa shape index (κ2) is 8.54. The van der Waals surface area contributed by atoms with E-state index in [9.17, 15) is 9.59 Å². The van der Waals surface area contributed by atoms with Gasteiger partial charge in [-0.1, -0.05) is 31.5 Å². The van der Waals surface area contributed by atoms with Crippen LogP contribution in [0.15, 0.2) is 18.2 Å². The Hall–Kier alpha value is -2.08. The zero-order valence-electron chi connectivity index (χ0n) is 16.3. The number of aryl methyl sites for hydroxylation is 2. The van der Waals surface area contributed by atoms with Crippen LogP contribution in [-0.2, 0) is 23.8 Å². The maximum Gasteiger partial charge on any atom is 0.303 e. The molecule has 2 unspecified atom stereocenters. The summed E-state index contributed by atoms with van der Waals surface area (Å²) in [5, 5.41) is 0. The highest BCUT2D eigenvalue weighted by atomic mass is 16.7. The van der Waals surface area contributed by atoms with Crippen molar-refractivity contribution < 1.29 is 28.5 Å². The van der Waals surface area contributed by atoms with Gasteiger partial charge in [-0.3, -0.25) is 9.59 Å². The summed E-state index contributed by atoms with van der Waals surface area (Å²) in [5.74, 6) is -0.0694. The van der Waals surface area contributed by atoms with Crippen LogP contribution in [0, 0.1) is 25.7 Å². The molecule has 0 radical (unpaired) electrons.